The molecule has 1 aromatic rings. The van der Waals surface area contributed by atoms with Crippen LogP contribution in [0.1, 0.15) is 62.2 Å². The molecule has 0 unspecified atom stereocenters. The van der Waals surface area contributed by atoms with Crippen LogP contribution in [0.5, 0.6) is 0 Å². The lowest BCUT2D eigenvalue weighted by molar-refractivity contribution is -0.118. The molecular formula is C16H21BrO2. The number of halogens is 1. The number of hydrogen-bond acceptors (Lipinski definition) is 2. The fraction of sp³-hybridized carbons (Fsp3) is 0.500. The molecule has 0 saturated carbocycles. The number of hydrogen-bond donors (Lipinski definition) is 0. The highest BCUT2D eigenvalue weighted by Gasteiger charge is 2.11. The van der Waals surface area contributed by atoms with Gasteiger partial charge in [-0.3, -0.25) is 9.59 Å². The number of unbranched alkanes of at least 4 members (excludes halogenated alkanes) is 4. The zero-order chi connectivity index (χ0) is 14.1. The predicted molar refractivity (Wildman–Crippen MR) is 81.5 cm³/mol. The summed E-state index contributed by atoms with van der Waals surface area (Å²) in [5.74, 6) is -0.0265. The normalized spacial score (nSPS) is 10.4. The maximum absolute atomic E-state index is 11.9. The molecule has 0 N–H and O–H groups in total. The van der Waals surface area contributed by atoms with Crippen molar-refractivity contribution in [3.05, 3.63) is 34.3 Å². The predicted octanol–water partition coefficient (Wildman–Crippen LogP) is 4.95. The van der Waals surface area contributed by atoms with Gasteiger partial charge in [0.05, 0.1) is 6.42 Å². The van der Waals surface area contributed by atoms with E-state index in [4.69, 9.17) is 0 Å². The van der Waals surface area contributed by atoms with E-state index in [1.54, 1.807) is 12.1 Å². The minimum Gasteiger partial charge on any atom is -0.299 e. The molecule has 104 valence electrons. The van der Waals surface area contributed by atoms with Gasteiger partial charge in [0.25, 0.3) is 0 Å². The van der Waals surface area contributed by atoms with E-state index in [0.717, 1.165) is 17.3 Å². The molecule has 0 heterocycles. The first-order chi connectivity index (χ1) is 9.13. The van der Waals surface area contributed by atoms with Crippen molar-refractivity contribution < 1.29 is 9.59 Å². The van der Waals surface area contributed by atoms with Crippen molar-refractivity contribution in [1.29, 1.82) is 0 Å². The molecule has 0 fully saturated rings. The second-order valence-electron chi connectivity index (χ2n) is 4.81. The molecular weight excluding hydrogens is 304 g/mol. The molecule has 1 aromatic carbocycles. The summed E-state index contributed by atoms with van der Waals surface area (Å²) in [6.45, 7) is 2.17. The van der Waals surface area contributed by atoms with Gasteiger partial charge in [-0.2, -0.15) is 0 Å². The average molecular weight is 325 g/mol. The van der Waals surface area contributed by atoms with Gasteiger partial charge in [-0.05, 0) is 18.6 Å². The van der Waals surface area contributed by atoms with Gasteiger partial charge in [0.15, 0.2) is 5.78 Å². The van der Waals surface area contributed by atoms with Crippen LogP contribution in [0, 0.1) is 0 Å². The van der Waals surface area contributed by atoms with E-state index in [1.165, 1.54) is 19.3 Å². The van der Waals surface area contributed by atoms with Crippen LogP contribution in [-0.2, 0) is 4.79 Å². The minimum absolute atomic E-state index is 0.0320. The van der Waals surface area contributed by atoms with Crippen LogP contribution in [0.4, 0.5) is 0 Å². The van der Waals surface area contributed by atoms with Crippen molar-refractivity contribution in [3.8, 4) is 0 Å². The van der Waals surface area contributed by atoms with Gasteiger partial charge in [-0.1, -0.05) is 60.7 Å². The Hall–Kier alpha value is -0.960. The summed E-state index contributed by atoms with van der Waals surface area (Å²) < 4.78 is 0.866. The van der Waals surface area contributed by atoms with Gasteiger partial charge >= 0.3 is 0 Å². The molecule has 0 atom stereocenters. The molecule has 0 aromatic heterocycles. The van der Waals surface area contributed by atoms with Crippen LogP contribution in [0.2, 0.25) is 0 Å². The highest BCUT2D eigenvalue weighted by molar-refractivity contribution is 9.10. The van der Waals surface area contributed by atoms with Crippen LogP contribution in [0.3, 0.4) is 0 Å². The van der Waals surface area contributed by atoms with E-state index in [-0.39, 0.29) is 18.0 Å². The Labute approximate surface area is 123 Å². The molecule has 1 rings (SSSR count). The monoisotopic (exact) mass is 324 g/mol. The molecule has 3 heteroatoms. The van der Waals surface area contributed by atoms with Crippen molar-refractivity contribution in [1.82, 2.24) is 0 Å². The summed E-state index contributed by atoms with van der Waals surface area (Å²) in [6, 6.07) is 7.19. The maximum Gasteiger partial charge on any atom is 0.170 e. The lowest BCUT2D eigenvalue weighted by Crippen LogP contribution is -2.08. The smallest absolute Gasteiger partial charge is 0.170 e. The van der Waals surface area contributed by atoms with Crippen LogP contribution in [-0.4, -0.2) is 11.6 Å². The fourth-order valence-electron chi connectivity index (χ4n) is 1.96. The molecule has 19 heavy (non-hydrogen) atoms. The van der Waals surface area contributed by atoms with Gasteiger partial charge in [-0.15, -0.1) is 0 Å². The Morgan fingerprint density at radius 1 is 1.11 bits per heavy atom. The molecule has 0 saturated heterocycles. The Bertz CT molecular complexity index is 427. The second-order valence-corrected chi connectivity index (χ2v) is 5.73. The summed E-state index contributed by atoms with van der Waals surface area (Å²) in [5.41, 5.74) is 0.605. The van der Waals surface area contributed by atoms with Gasteiger partial charge in [-0.25, -0.2) is 0 Å². The van der Waals surface area contributed by atoms with Crippen molar-refractivity contribution in [2.45, 2.75) is 51.9 Å². The Kier molecular flexibility index (Phi) is 7.65. The molecule has 0 radical (unpaired) electrons. The van der Waals surface area contributed by atoms with E-state index < -0.39 is 0 Å². The zero-order valence-corrected chi connectivity index (χ0v) is 13.0. The second kappa shape index (κ2) is 9.03. The largest absolute Gasteiger partial charge is 0.299 e. The van der Waals surface area contributed by atoms with Crippen molar-refractivity contribution >= 4 is 27.5 Å². The highest BCUT2D eigenvalue weighted by Crippen LogP contribution is 2.14. The summed E-state index contributed by atoms with van der Waals surface area (Å²) >= 11 is 3.33. The number of Topliss-reactive ketones (excluding diaryl/α,β-unsaturated/α-hetero) is 2. The highest BCUT2D eigenvalue weighted by atomic mass is 79.9. The first kappa shape index (κ1) is 16.1. The lowest BCUT2D eigenvalue weighted by Gasteiger charge is -2.02. The molecule has 0 amide bonds. The SMILES string of the molecule is CCCCCCCC(=O)CC(=O)c1cccc(Br)c1. The van der Waals surface area contributed by atoms with Crippen molar-refractivity contribution in [2.75, 3.05) is 0 Å². The van der Waals surface area contributed by atoms with Gasteiger partial charge in [0.2, 0.25) is 0 Å². The van der Waals surface area contributed by atoms with Crippen LogP contribution < -0.4 is 0 Å². The van der Waals surface area contributed by atoms with Crippen molar-refractivity contribution in [3.63, 3.8) is 0 Å². The summed E-state index contributed by atoms with van der Waals surface area (Å²) in [5, 5.41) is 0. The summed E-state index contributed by atoms with van der Waals surface area (Å²) in [4.78, 5) is 23.6. The standard InChI is InChI=1S/C16H21BrO2/c1-2-3-4-5-6-10-15(18)12-16(19)13-8-7-9-14(17)11-13/h7-9,11H,2-6,10,12H2,1H3. The third-order valence-corrected chi connectivity index (χ3v) is 3.56. The van der Waals surface area contributed by atoms with Gasteiger partial charge in [0, 0.05) is 16.5 Å². The zero-order valence-electron chi connectivity index (χ0n) is 11.5. The van der Waals surface area contributed by atoms with E-state index >= 15 is 0 Å². The third kappa shape index (κ3) is 6.67. The van der Waals surface area contributed by atoms with Gasteiger partial charge in [0.1, 0.15) is 5.78 Å². The summed E-state index contributed by atoms with van der Waals surface area (Å²) in [6.07, 6.45) is 6.17. The summed E-state index contributed by atoms with van der Waals surface area (Å²) in [7, 11) is 0. The first-order valence-corrected chi connectivity index (χ1v) is 7.73. The Morgan fingerprint density at radius 2 is 1.84 bits per heavy atom. The molecule has 2 nitrogen and oxygen atoms in total. The maximum atomic E-state index is 11.9. The van der Waals surface area contributed by atoms with Gasteiger partial charge < -0.3 is 0 Å². The van der Waals surface area contributed by atoms with E-state index in [1.807, 2.05) is 12.1 Å². The fourth-order valence-corrected chi connectivity index (χ4v) is 2.36. The molecule has 0 aliphatic rings. The Balaban J connectivity index is 2.30. The first-order valence-electron chi connectivity index (χ1n) is 6.94. The molecule has 0 spiro atoms. The average Bonchev–Trinajstić information content (AvgIpc) is 2.38. The van der Waals surface area contributed by atoms with Crippen molar-refractivity contribution in [2.24, 2.45) is 0 Å². The number of rotatable bonds is 9. The minimum atomic E-state index is -0.0835. The van der Waals surface area contributed by atoms with E-state index in [0.29, 0.717) is 12.0 Å². The Morgan fingerprint density at radius 3 is 2.53 bits per heavy atom. The molecule has 0 aliphatic carbocycles. The number of benzene rings is 1. The quantitative estimate of drug-likeness (QED) is 0.366. The van der Waals surface area contributed by atoms with Crippen LogP contribution in [0.25, 0.3) is 0 Å². The number of carbonyl (C=O) groups is 2. The van der Waals surface area contributed by atoms with E-state index in [2.05, 4.69) is 22.9 Å². The van der Waals surface area contributed by atoms with Crippen LogP contribution >= 0.6 is 15.9 Å². The number of ketones is 2. The van der Waals surface area contributed by atoms with E-state index in [9.17, 15) is 9.59 Å². The molecule has 0 bridgehead atoms. The van der Waals surface area contributed by atoms with Crippen LogP contribution in [0.15, 0.2) is 28.7 Å². The third-order valence-electron chi connectivity index (χ3n) is 3.06. The topological polar surface area (TPSA) is 34.1 Å². The lowest BCUT2D eigenvalue weighted by atomic mass is 10.0. The molecule has 0 aliphatic heterocycles. The number of carbonyl (C=O) groups excluding carboxylic acids is 2.